The van der Waals surface area contributed by atoms with Gasteiger partial charge < -0.3 is 19.3 Å². The summed E-state index contributed by atoms with van der Waals surface area (Å²) >= 11 is 0. The van der Waals surface area contributed by atoms with Crippen molar-refractivity contribution in [2.45, 2.75) is 50.8 Å². The van der Waals surface area contributed by atoms with Gasteiger partial charge in [-0.3, -0.25) is 0 Å². The highest BCUT2D eigenvalue weighted by molar-refractivity contribution is 5.29. The lowest BCUT2D eigenvalue weighted by molar-refractivity contribution is -0.141. The Hall–Kier alpha value is -1.72. The number of rotatable bonds is 8. The molecule has 26 heavy (non-hydrogen) atoms. The second kappa shape index (κ2) is 8.78. The average molecular weight is 356 g/mol. The van der Waals surface area contributed by atoms with E-state index in [1.807, 2.05) is 50.2 Å². The van der Waals surface area contributed by atoms with Crippen LogP contribution >= 0.6 is 0 Å². The molecule has 1 fully saturated rings. The summed E-state index contributed by atoms with van der Waals surface area (Å²) in [6.45, 7) is 4.80. The van der Waals surface area contributed by atoms with Crippen LogP contribution in [0, 0.1) is 0 Å². The number of hydrogen-bond acceptors (Lipinski definition) is 4. The van der Waals surface area contributed by atoms with Crippen LogP contribution in [0.4, 0.5) is 0 Å². The molecular weight excluding hydrogens is 328 g/mol. The Morgan fingerprint density at radius 2 is 1.62 bits per heavy atom. The van der Waals surface area contributed by atoms with Gasteiger partial charge in [0.2, 0.25) is 0 Å². The van der Waals surface area contributed by atoms with Crippen molar-refractivity contribution in [1.82, 2.24) is 0 Å². The Labute approximate surface area is 155 Å². The summed E-state index contributed by atoms with van der Waals surface area (Å²) in [7, 11) is 0. The average Bonchev–Trinajstić information content (AvgIpc) is 2.98. The van der Waals surface area contributed by atoms with Gasteiger partial charge >= 0.3 is 0 Å². The number of hydrogen-bond donors (Lipinski definition) is 1. The van der Waals surface area contributed by atoms with Gasteiger partial charge in [0.15, 0.2) is 5.79 Å². The summed E-state index contributed by atoms with van der Waals surface area (Å²) in [6.07, 6.45) is 0.475. The standard InChI is InChI=1S/C22H28O4/c1-22(2)25-16-20(26-22)15-19(23)13-14-24-21(17-9-5-3-6-10-17)18-11-7-4-8-12-18/h3-12,19-21,23H,13-16H2,1-2H3/t19-,20-/m0/s1. The quantitative estimate of drug-likeness (QED) is 0.774. The van der Waals surface area contributed by atoms with E-state index in [9.17, 15) is 5.11 Å². The summed E-state index contributed by atoms with van der Waals surface area (Å²) in [5.41, 5.74) is 2.23. The lowest BCUT2D eigenvalue weighted by atomic mass is 10.0. The molecule has 2 aromatic carbocycles. The number of aliphatic hydroxyl groups excluding tert-OH is 1. The fourth-order valence-corrected chi connectivity index (χ4v) is 3.26. The van der Waals surface area contributed by atoms with Gasteiger partial charge in [-0.1, -0.05) is 60.7 Å². The molecule has 1 aliphatic heterocycles. The van der Waals surface area contributed by atoms with E-state index >= 15 is 0 Å². The van der Waals surface area contributed by atoms with Gasteiger partial charge in [-0.2, -0.15) is 0 Å². The molecule has 0 aliphatic carbocycles. The first kappa shape index (κ1) is 19.1. The summed E-state index contributed by atoms with van der Waals surface area (Å²) < 4.78 is 17.5. The normalized spacial score (nSPS) is 20.4. The minimum absolute atomic E-state index is 0.0564. The summed E-state index contributed by atoms with van der Waals surface area (Å²) in [4.78, 5) is 0. The first-order valence-electron chi connectivity index (χ1n) is 9.25. The minimum atomic E-state index is -0.549. The van der Waals surface area contributed by atoms with E-state index in [2.05, 4.69) is 24.3 Å². The van der Waals surface area contributed by atoms with Crippen LogP contribution < -0.4 is 0 Å². The molecule has 2 atom stereocenters. The summed E-state index contributed by atoms with van der Waals surface area (Å²) in [5, 5.41) is 10.3. The highest BCUT2D eigenvalue weighted by Gasteiger charge is 2.33. The number of ether oxygens (including phenoxy) is 3. The predicted molar refractivity (Wildman–Crippen MR) is 101 cm³/mol. The molecule has 0 radical (unpaired) electrons. The highest BCUT2D eigenvalue weighted by atomic mass is 16.7. The van der Waals surface area contributed by atoms with Crippen LogP contribution in [0.5, 0.6) is 0 Å². The van der Waals surface area contributed by atoms with E-state index in [-0.39, 0.29) is 12.2 Å². The molecule has 140 valence electrons. The van der Waals surface area contributed by atoms with Gasteiger partial charge in [0.1, 0.15) is 6.10 Å². The maximum Gasteiger partial charge on any atom is 0.163 e. The van der Waals surface area contributed by atoms with Crippen LogP contribution in [0.1, 0.15) is 43.9 Å². The smallest absolute Gasteiger partial charge is 0.163 e. The monoisotopic (exact) mass is 356 g/mol. The largest absolute Gasteiger partial charge is 0.393 e. The minimum Gasteiger partial charge on any atom is -0.393 e. The lowest BCUT2D eigenvalue weighted by Gasteiger charge is -2.21. The molecule has 4 heteroatoms. The van der Waals surface area contributed by atoms with Crippen molar-refractivity contribution in [2.75, 3.05) is 13.2 Å². The van der Waals surface area contributed by atoms with Gasteiger partial charge in [-0.25, -0.2) is 0 Å². The molecule has 2 aromatic rings. The fraction of sp³-hybridized carbons (Fsp3) is 0.455. The third-order valence-corrected chi connectivity index (χ3v) is 4.54. The van der Waals surface area contributed by atoms with E-state index in [0.717, 1.165) is 11.1 Å². The van der Waals surface area contributed by atoms with Gasteiger partial charge in [0, 0.05) is 6.42 Å². The van der Waals surface area contributed by atoms with E-state index in [1.165, 1.54) is 0 Å². The van der Waals surface area contributed by atoms with Crippen molar-refractivity contribution in [1.29, 1.82) is 0 Å². The Bertz CT molecular complexity index is 617. The first-order valence-corrected chi connectivity index (χ1v) is 9.25. The Morgan fingerprint density at radius 1 is 1.04 bits per heavy atom. The zero-order chi connectivity index (χ0) is 18.4. The Balaban J connectivity index is 1.53. The molecule has 1 saturated heterocycles. The molecule has 0 bridgehead atoms. The third kappa shape index (κ3) is 5.39. The number of benzene rings is 2. The van der Waals surface area contributed by atoms with Crippen LogP contribution in [-0.2, 0) is 14.2 Å². The van der Waals surface area contributed by atoms with Crippen molar-refractivity contribution < 1.29 is 19.3 Å². The maximum atomic E-state index is 10.3. The van der Waals surface area contributed by atoms with Gasteiger partial charge in [-0.05, 0) is 31.4 Å². The third-order valence-electron chi connectivity index (χ3n) is 4.54. The van der Waals surface area contributed by atoms with Crippen LogP contribution in [0.15, 0.2) is 60.7 Å². The molecule has 3 rings (SSSR count). The zero-order valence-corrected chi connectivity index (χ0v) is 15.5. The predicted octanol–water partition coefficient (Wildman–Crippen LogP) is 4.09. The first-order chi connectivity index (χ1) is 12.5. The molecule has 0 aromatic heterocycles. The SMILES string of the molecule is CC1(C)OC[C@H](C[C@@H](O)CCOC(c2ccccc2)c2ccccc2)O1. The van der Waals surface area contributed by atoms with Crippen molar-refractivity contribution >= 4 is 0 Å². The van der Waals surface area contributed by atoms with Crippen molar-refractivity contribution in [3.05, 3.63) is 71.8 Å². The molecule has 0 saturated carbocycles. The van der Waals surface area contributed by atoms with Crippen LogP contribution in [-0.4, -0.2) is 36.3 Å². The van der Waals surface area contributed by atoms with Crippen LogP contribution in [0.2, 0.25) is 0 Å². The Morgan fingerprint density at radius 3 is 2.12 bits per heavy atom. The number of aliphatic hydroxyl groups is 1. The van der Waals surface area contributed by atoms with Crippen molar-refractivity contribution in [3.8, 4) is 0 Å². The lowest BCUT2D eigenvalue weighted by Crippen LogP contribution is -2.25. The van der Waals surface area contributed by atoms with E-state index in [0.29, 0.717) is 26.1 Å². The molecule has 0 unspecified atom stereocenters. The van der Waals surface area contributed by atoms with Crippen LogP contribution in [0.3, 0.4) is 0 Å². The maximum absolute atomic E-state index is 10.3. The van der Waals surface area contributed by atoms with Crippen LogP contribution in [0.25, 0.3) is 0 Å². The Kier molecular flexibility index (Phi) is 6.43. The van der Waals surface area contributed by atoms with E-state index in [1.54, 1.807) is 0 Å². The molecule has 1 N–H and O–H groups in total. The highest BCUT2D eigenvalue weighted by Crippen LogP contribution is 2.27. The second-order valence-corrected chi connectivity index (χ2v) is 7.20. The molecule has 4 nitrogen and oxygen atoms in total. The molecule has 1 heterocycles. The summed E-state index contributed by atoms with van der Waals surface area (Å²) in [6, 6.07) is 20.3. The van der Waals surface area contributed by atoms with E-state index in [4.69, 9.17) is 14.2 Å². The topological polar surface area (TPSA) is 47.9 Å². The second-order valence-electron chi connectivity index (χ2n) is 7.20. The van der Waals surface area contributed by atoms with Crippen molar-refractivity contribution in [3.63, 3.8) is 0 Å². The zero-order valence-electron chi connectivity index (χ0n) is 15.5. The molecule has 1 aliphatic rings. The van der Waals surface area contributed by atoms with Gasteiger partial charge in [-0.15, -0.1) is 0 Å². The molecular formula is C22H28O4. The molecule has 0 amide bonds. The van der Waals surface area contributed by atoms with Crippen molar-refractivity contribution in [2.24, 2.45) is 0 Å². The molecule has 0 spiro atoms. The summed E-state index contributed by atoms with van der Waals surface area (Å²) in [5.74, 6) is -0.549. The van der Waals surface area contributed by atoms with Gasteiger partial charge in [0.25, 0.3) is 0 Å². The van der Waals surface area contributed by atoms with Gasteiger partial charge in [0.05, 0.1) is 25.4 Å². The van der Waals surface area contributed by atoms with E-state index < -0.39 is 11.9 Å². The fourth-order valence-electron chi connectivity index (χ4n) is 3.26.